The van der Waals surface area contributed by atoms with Crippen LogP contribution in [0.25, 0.3) is 0 Å². The molecule has 1 aromatic heterocycles. The lowest BCUT2D eigenvalue weighted by molar-refractivity contribution is 0.0881. The van der Waals surface area contributed by atoms with Crippen LogP contribution in [0.1, 0.15) is 36.0 Å². The number of carbonyl (C=O) groups is 1. The van der Waals surface area contributed by atoms with Crippen molar-refractivity contribution >= 4 is 5.91 Å². The molecule has 0 radical (unpaired) electrons. The molecule has 0 atom stereocenters. The van der Waals surface area contributed by atoms with Crippen molar-refractivity contribution < 1.29 is 22.7 Å². The fraction of sp³-hybridized carbons (Fsp3) is 0.353. The summed E-state index contributed by atoms with van der Waals surface area (Å²) >= 11 is 0. The van der Waals surface area contributed by atoms with Crippen LogP contribution >= 0.6 is 0 Å². The Morgan fingerprint density at radius 1 is 1.04 bits per heavy atom. The molecule has 0 saturated heterocycles. The zero-order chi connectivity index (χ0) is 17.8. The van der Waals surface area contributed by atoms with E-state index in [2.05, 4.69) is 15.3 Å². The Hall–Kier alpha value is -2.64. The second kappa shape index (κ2) is 7.50. The van der Waals surface area contributed by atoms with Crippen LogP contribution in [0, 0.1) is 17.5 Å². The van der Waals surface area contributed by atoms with E-state index >= 15 is 0 Å². The smallest absolute Gasteiger partial charge is 0.316 e. The van der Waals surface area contributed by atoms with Gasteiger partial charge in [-0.3, -0.25) is 4.79 Å². The number of carbonyl (C=O) groups excluding carboxylic acids is 1. The van der Waals surface area contributed by atoms with E-state index in [0.717, 1.165) is 24.5 Å². The molecule has 1 N–H and O–H groups in total. The van der Waals surface area contributed by atoms with Crippen LogP contribution in [-0.2, 0) is 0 Å². The van der Waals surface area contributed by atoms with Crippen LogP contribution in [0.2, 0.25) is 0 Å². The van der Waals surface area contributed by atoms with E-state index < -0.39 is 23.4 Å². The fourth-order valence-corrected chi connectivity index (χ4v) is 2.77. The van der Waals surface area contributed by atoms with Crippen LogP contribution in [0.15, 0.2) is 30.6 Å². The van der Waals surface area contributed by atoms with Gasteiger partial charge in [0.1, 0.15) is 17.7 Å². The molecule has 2 aromatic rings. The predicted octanol–water partition coefficient (Wildman–Crippen LogP) is 3.01. The van der Waals surface area contributed by atoms with Crippen molar-refractivity contribution in [3.8, 4) is 6.01 Å². The number of aromatic nitrogens is 2. The first kappa shape index (κ1) is 17.2. The van der Waals surface area contributed by atoms with Crippen LogP contribution in [0.5, 0.6) is 6.01 Å². The normalized spacial score (nSPS) is 20.1. The molecule has 3 rings (SSSR count). The molecular formula is C17H16F3N3O2. The van der Waals surface area contributed by atoms with E-state index in [1.54, 1.807) is 0 Å². The molecule has 1 amide bonds. The Bertz CT molecular complexity index is 747. The summed E-state index contributed by atoms with van der Waals surface area (Å²) in [4.78, 5) is 19.6. The first-order valence-electron chi connectivity index (χ1n) is 7.91. The molecule has 0 aliphatic heterocycles. The van der Waals surface area contributed by atoms with Gasteiger partial charge < -0.3 is 10.1 Å². The van der Waals surface area contributed by atoms with E-state index in [9.17, 15) is 18.0 Å². The number of amides is 1. The maximum atomic E-state index is 13.6. The molecule has 0 bridgehead atoms. The molecule has 8 heteroatoms. The molecule has 1 aliphatic carbocycles. The third-order valence-corrected chi connectivity index (χ3v) is 4.05. The van der Waals surface area contributed by atoms with Crippen molar-refractivity contribution in [3.05, 3.63) is 53.6 Å². The number of benzene rings is 1. The van der Waals surface area contributed by atoms with Gasteiger partial charge in [-0.1, -0.05) is 0 Å². The van der Waals surface area contributed by atoms with Crippen LogP contribution in [0.4, 0.5) is 13.2 Å². The molecule has 0 unspecified atom stereocenters. The van der Waals surface area contributed by atoms with Gasteiger partial charge in [0.15, 0.2) is 5.82 Å². The van der Waals surface area contributed by atoms with Gasteiger partial charge in [0, 0.05) is 12.1 Å². The molecule has 1 fully saturated rings. The Kier molecular flexibility index (Phi) is 5.16. The van der Waals surface area contributed by atoms with Crippen molar-refractivity contribution in [3.63, 3.8) is 0 Å². The standard InChI is InChI=1S/C17H16F3N3O2/c18-10-1-6-14(15(20)7-10)16(24)23-12-2-4-13(5-3-12)25-17-21-8-11(19)9-22-17/h1,6-9,12-13H,2-5H2,(H,23,24). The molecule has 5 nitrogen and oxygen atoms in total. The van der Waals surface area contributed by atoms with Crippen LogP contribution < -0.4 is 10.1 Å². The van der Waals surface area contributed by atoms with Crippen molar-refractivity contribution in [1.29, 1.82) is 0 Å². The lowest BCUT2D eigenvalue weighted by atomic mass is 9.92. The van der Waals surface area contributed by atoms with Crippen molar-refractivity contribution in [1.82, 2.24) is 15.3 Å². The first-order valence-corrected chi connectivity index (χ1v) is 7.91. The molecule has 132 valence electrons. The predicted molar refractivity (Wildman–Crippen MR) is 82.5 cm³/mol. The second-order valence-electron chi connectivity index (χ2n) is 5.87. The summed E-state index contributed by atoms with van der Waals surface area (Å²) in [5, 5.41) is 2.75. The van der Waals surface area contributed by atoms with E-state index in [4.69, 9.17) is 4.74 Å². The zero-order valence-electron chi connectivity index (χ0n) is 13.2. The lowest BCUT2D eigenvalue weighted by Crippen LogP contribution is -2.40. The van der Waals surface area contributed by atoms with E-state index in [0.29, 0.717) is 31.7 Å². The van der Waals surface area contributed by atoms with E-state index in [-0.39, 0.29) is 23.7 Å². The van der Waals surface area contributed by atoms with Crippen LogP contribution in [0.3, 0.4) is 0 Å². The second-order valence-corrected chi connectivity index (χ2v) is 5.87. The zero-order valence-corrected chi connectivity index (χ0v) is 13.2. The van der Waals surface area contributed by atoms with Gasteiger partial charge in [0.2, 0.25) is 0 Å². The molecule has 0 spiro atoms. The average Bonchev–Trinajstić information content (AvgIpc) is 2.58. The van der Waals surface area contributed by atoms with Gasteiger partial charge in [-0.2, -0.15) is 0 Å². The Labute approximate surface area is 142 Å². The van der Waals surface area contributed by atoms with Gasteiger partial charge in [-0.15, -0.1) is 0 Å². The summed E-state index contributed by atoms with van der Waals surface area (Å²) in [6.45, 7) is 0. The summed E-state index contributed by atoms with van der Waals surface area (Å²) in [5.41, 5.74) is -0.181. The Morgan fingerprint density at radius 2 is 1.72 bits per heavy atom. The van der Waals surface area contributed by atoms with Crippen LogP contribution in [-0.4, -0.2) is 28.0 Å². The number of rotatable bonds is 4. The quantitative estimate of drug-likeness (QED) is 0.920. The number of hydrogen-bond donors (Lipinski definition) is 1. The highest BCUT2D eigenvalue weighted by Gasteiger charge is 2.25. The summed E-state index contributed by atoms with van der Waals surface area (Å²) < 4.78 is 44.9. The Balaban J connectivity index is 1.50. The maximum Gasteiger partial charge on any atom is 0.316 e. The van der Waals surface area contributed by atoms with Gasteiger partial charge >= 0.3 is 6.01 Å². The third-order valence-electron chi connectivity index (χ3n) is 4.05. The minimum atomic E-state index is -0.886. The van der Waals surface area contributed by atoms with Crippen molar-refractivity contribution in [2.75, 3.05) is 0 Å². The average molecular weight is 351 g/mol. The molecule has 1 aliphatic rings. The molecule has 1 saturated carbocycles. The minimum absolute atomic E-state index is 0.113. The van der Waals surface area contributed by atoms with Gasteiger partial charge in [-0.05, 0) is 37.8 Å². The molecule has 1 heterocycles. The maximum absolute atomic E-state index is 13.6. The highest BCUT2D eigenvalue weighted by Crippen LogP contribution is 2.22. The number of halogens is 3. The minimum Gasteiger partial charge on any atom is -0.460 e. The van der Waals surface area contributed by atoms with Gasteiger partial charge in [-0.25, -0.2) is 23.1 Å². The number of hydrogen-bond acceptors (Lipinski definition) is 4. The van der Waals surface area contributed by atoms with E-state index in [1.807, 2.05) is 0 Å². The van der Waals surface area contributed by atoms with E-state index in [1.165, 1.54) is 0 Å². The van der Waals surface area contributed by atoms with Crippen molar-refractivity contribution in [2.24, 2.45) is 0 Å². The monoisotopic (exact) mass is 351 g/mol. The number of nitrogens with one attached hydrogen (secondary N) is 1. The highest BCUT2D eigenvalue weighted by atomic mass is 19.1. The lowest BCUT2D eigenvalue weighted by Gasteiger charge is -2.28. The largest absolute Gasteiger partial charge is 0.460 e. The first-order chi connectivity index (χ1) is 12.0. The summed E-state index contributed by atoms with van der Waals surface area (Å²) in [6, 6.07) is 2.85. The summed E-state index contributed by atoms with van der Waals surface area (Å²) in [7, 11) is 0. The molecule has 25 heavy (non-hydrogen) atoms. The number of nitrogens with zero attached hydrogens (tertiary/aromatic N) is 2. The van der Waals surface area contributed by atoms with Gasteiger partial charge in [0.25, 0.3) is 5.91 Å². The molecular weight excluding hydrogens is 335 g/mol. The summed E-state index contributed by atoms with van der Waals surface area (Å²) in [6.07, 6.45) is 4.52. The van der Waals surface area contributed by atoms with Gasteiger partial charge in [0.05, 0.1) is 18.0 Å². The van der Waals surface area contributed by atoms with Crippen molar-refractivity contribution in [2.45, 2.75) is 37.8 Å². The fourth-order valence-electron chi connectivity index (χ4n) is 2.77. The number of ether oxygens (including phenoxy) is 1. The third kappa shape index (κ3) is 4.46. The Morgan fingerprint density at radius 3 is 2.36 bits per heavy atom. The topological polar surface area (TPSA) is 64.1 Å². The molecule has 1 aromatic carbocycles. The SMILES string of the molecule is O=C(NC1CCC(Oc2ncc(F)cn2)CC1)c1ccc(F)cc1F. The summed E-state index contributed by atoms with van der Waals surface area (Å²) in [5.74, 6) is -2.71. The highest BCUT2D eigenvalue weighted by molar-refractivity contribution is 5.94.